The van der Waals surface area contributed by atoms with E-state index in [1.807, 2.05) is 34.6 Å². The molecule has 1 atom stereocenters. The van der Waals surface area contributed by atoms with E-state index in [1.54, 1.807) is 0 Å². The monoisotopic (exact) mass is 229 g/mol. The predicted molar refractivity (Wildman–Crippen MR) is 62.0 cm³/mol. The number of amides is 1. The van der Waals surface area contributed by atoms with Crippen molar-refractivity contribution in [2.45, 2.75) is 59.3 Å². The number of likely N-dealkylation sites (tertiary alicyclic amines) is 1. The van der Waals surface area contributed by atoms with Crippen molar-refractivity contribution in [3.63, 3.8) is 0 Å². The first-order chi connectivity index (χ1) is 7.13. The van der Waals surface area contributed by atoms with Crippen molar-refractivity contribution >= 4 is 6.09 Å². The predicted octanol–water partition coefficient (Wildman–Crippen LogP) is 2.36. The summed E-state index contributed by atoms with van der Waals surface area (Å²) in [6.07, 6.45) is 0.653. The SMILES string of the molecule is CC(C)(C)OC(=O)N1CCCC(C)(C)C1O. The smallest absolute Gasteiger partial charge is 0.412 e. The van der Waals surface area contributed by atoms with Gasteiger partial charge in [0, 0.05) is 12.0 Å². The number of carbonyl (C=O) groups excluding carboxylic acids is 1. The second-order valence-corrected chi connectivity index (χ2v) is 6.14. The molecule has 1 unspecified atom stereocenters. The Labute approximate surface area is 97.6 Å². The van der Waals surface area contributed by atoms with E-state index in [0.717, 1.165) is 12.8 Å². The van der Waals surface area contributed by atoms with Gasteiger partial charge in [0.2, 0.25) is 0 Å². The fourth-order valence-electron chi connectivity index (χ4n) is 1.89. The van der Waals surface area contributed by atoms with Gasteiger partial charge in [0.15, 0.2) is 0 Å². The first-order valence-corrected chi connectivity index (χ1v) is 5.81. The van der Waals surface area contributed by atoms with E-state index in [-0.39, 0.29) is 5.41 Å². The van der Waals surface area contributed by atoms with Crippen molar-refractivity contribution in [2.24, 2.45) is 5.41 Å². The van der Waals surface area contributed by atoms with Crippen molar-refractivity contribution in [3.8, 4) is 0 Å². The summed E-state index contributed by atoms with van der Waals surface area (Å²) in [6.45, 7) is 9.98. The first-order valence-electron chi connectivity index (χ1n) is 5.81. The van der Waals surface area contributed by atoms with Crippen LogP contribution in [0.3, 0.4) is 0 Å². The van der Waals surface area contributed by atoms with Crippen molar-refractivity contribution in [1.82, 2.24) is 4.90 Å². The molecule has 1 aliphatic heterocycles. The summed E-state index contributed by atoms with van der Waals surface area (Å²) in [6, 6.07) is 0. The third-order valence-electron chi connectivity index (χ3n) is 2.84. The molecule has 1 heterocycles. The minimum atomic E-state index is -0.754. The molecule has 0 aromatic heterocycles. The Kier molecular flexibility index (Phi) is 3.53. The second kappa shape index (κ2) is 4.24. The van der Waals surface area contributed by atoms with Crippen LogP contribution in [0.5, 0.6) is 0 Å². The first kappa shape index (κ1) is 13.3. The van der Waals surface area contributed by atoms with Crippen molar-refractivity contribution in [3.05, 3.63) is 0 Å². The molecule has 1 amide bonds. The van der Waals surface area contributed by atoms with Gasteiger partial charge in [0.25, 0.3) is 0 Å². The van der Waals surface area contributed by atoms with Crippen LogP contribution in [0.4, 0.5) is 4.79 Å². The Morgan fingerprint density at radius 2 is 2.00 bits per heavy atom. The number of rotatable bonds is 0. The van der Waals surface area contributed by atoms with E-state index in [9.17, 15) is 9.90 Å². The molecule has 16 heavy (non-hydrogen) atoms. The van der Waals surface area contributed by atoms with E-state index >= 15 is 0 Å². The van der Waals surface area contributed by atoms with E-state index in [4.69, 9.17) is 4.74 Å². The number of nitrogens with zero attached hydrogens (tertiary/aromatic N) is 1. The molecule has 0 bridgehead atoms. The Balaban J connectivity index is 2.69. The molecule has 4 nitrogen and oxygen atoms in total. The molecule has 1 aliphatic rings. The third kappa shape index (κ3) is 3.11. The lowest BCUT2D eigenvalue weighted by molar-refractivity contribution is -0.104. The molecule has 0 radical (unpaired) electrons. The maximum Gasteiger partial charge on any atom is 0.412 e. The highest BCUT2D eigenvalue weighted by molar-refractivity contribution is 5.68. The van der Waals surface area contributed by atoms with Crippen molar-refractivity contribution in [2.75, 3.05) is 6.54 Å². The van der Waals surface area contributed by atoms with Crippen LogP contribution in [0.2, 0.25) is 0 Å². The molecule has 0 aromatic carbocycles. The van der Waals surface area contributed by atoms with E-state index in [0.29, 0.717) is 6.54 Å². The highest BCUT2D eigenvalue weighted by Gasteiger charge is 2.40. The number of ether oxygens (including phenoxy) is 1. The highest BCUT2D eigenvalue weighted by atomic mass is 16.6. The minimum absolute atomic E-state index is 0.255. The van der Waals surface area contributed by atoms with Gasteiger partial charge in [0.05, 0.1) is 0 Å². The van der Waals surface area contributed by atoms with Crippen molar-refractivity contribution < 1.29 is 14.6 Å². The highest BCUT2D eigenvalue weighted by Crippen LogP contribution is 2.34. The molecule has 4 heteroatoms. The minimum Gasteiger partial charge on any atom is -0.444 e. The lowest BCUT2D eigenvalue weighted by atomic mass is 9.82. The summed E-state index contributed by atoms with van der Waals surface area (Å²) in [5, 5.41) is 10.1. The van der Waals surface area contributed by atoms with Crippen LogP contribution in [0.1, 0.15) is 47.5 Å². The fourth-order valence-corrected chi connectivity index (χ4v) is 1.89. The second-order valence-electron chi connectivity index (χ2n) is 6.14. The largest absolute Gasteiger partial charge is 0.444 e. The van der Waals surface area contributed by atoms with Crippen LogP contribution in [0.25, 0.3) is 0 Å². The maximum atomic E-state index is 11.9. The van der Waals surface area contributed by atoms with Gasteiger partial charge in [-0.15, -0.1) is 0 Å². The van der Waals surface area contributed by atoms with E-state index < -0.39 is 17.9 Å². The number of piperidine rings is 1. The van der Waals surface area contributed by atoms with Gasteiger partial charge < -0.3 is 9.84 Å². The quantitative estimate of drug-likeness (QED) is 0.693. The molecular formula is C12H23NO3. The van der Waals surface area contributed by atoms with Gasteiger partial charge >= 0.3 is 6.09 Å². The molecule has 0 saturated carbocycles. The zero-order chi connectivity index (χ0) is 12.6. The van der Waals surface area contributed by atoms with Gasteiger partial charge in [-0.2, -0.15) is 0 Å². The van der Waals surface area contributed by atoms with Gasteiger partial charge in [-0.3, -0.25) is 4.90 Å². The van der Waals surface area contributed by atoms with Crippen LogP contribution in [-0.2, 0) is 4.74 Å². The Bertz CT molecular complexity index is 268. The molecule has 1 saturated heterocycles. The van der Waals surface area contributed by atoms with E-state index in [1.165, 1.54) is 4.90 Å². The molecule has 0 spiro atoms. The zero-order valence-corrected chi connectivity index (χ0v) is 10.9. The van der Waals surface area contributed by atoms with Gasteiger partial charge in [0.1, 0.15) is 11.8 Å². The van der Waals surface area contributed by atoms with E-state index in [2.05, 4.69) is 0 Å². The summed E-state index contributed by atoms with van der Waals surface area (Å²) < 4.78 is 5.27. The molecule has 1 rings (SSSR count). The summed E-state index contributed by atoms with van der Waals surface area (Å²) in [5.74, 6) is 0. The molecule has 0 aromatic rings. The normalized spacial score (nSPS) is 25.4. The van der Waals surface area contributed by atoms with Crippen LogP contribution < -0.4 is 0 Å². The molecule has 1 N–H and O–H groups in total. The lowest BCUT2D eigenvalue weighted by Crippen LogP contribution is -2.53. The third-order valence-corrected chi connectivity index (χ3v) is 2.84. The lowest BCUT2D eigenvalue weighted by Gasteiger charge is -2.43. The van der Waals surface area contributed by atoms with Crippen LogP contribution in [-0.4, -0.2) is 34.5 Å². The number of aliphatic hydroxyl groups is 1. The summed E-state index contributed by atoms with van der Waals surface area (Å²) in [5.41, 5.74) is -0.770. The number of carbonyl (C=O) groups is 1. The Morgan fingerprint density at radius 1 is 1.44 bits per heavy atom. The molecule has 1 fully saturated rings. The number of hydrogen-bond donors (Lipinski definition) is 1. The summed E-state index contributed by atoms with van der Waals surface area (Å²) in [7, 11) is 0. The average molecular weight is 229 g/mol. The van der Waals surface area contributed by atoms with Crippen LogP contribution in [0, 0.1) is 5.41 Å². The summed E-state index contributed by atoms with van der Waals surface area (Å²) in [4.78, 5) is 13.3. The fraction of sp³-hybridized carbons (Fsp3) is 0.917. The number of hydrogen-bond acceptors (Lipinski definition) is 3. The van der Waals surface area contributed by atoms with Crippen molar-refractivity contribution in [1.29, 1.82) is 0 Å². The van der Waals surface area contributed by atoms with Crippen LogP contribution in [0.15, 0.2) is 0 Å². The van der Waals surface area contributed by atoms with Gasteiger partial charge in [-0.25, -0.2) is 4.79 Å². The van der Waals surface area contributed by atoms with Crippen LogP contribution >= 0.6 is 0 Å². The topological polar surface area (TPSA) is 49.8 Å². The standard InChI is InChI=1S/C12H23NO3/c1-11(2,3)16-10(15)13-8-6-7-12(4,5)9(13)14/h9,14H,6-8H2,1-5H3. The number of aliphatic hydroxyl groups excluding tert-OH is 1. The Hall–Kier alpha value is -0.770. The molecule has 0 aliphatic carbocycles. The van der Waals surface area contributed by atoms with Gasteiger partial charge in [-0.05, 0) is 33.6 Å². The zero-order valence-electron chi connectivity index (χ0n) is 10.9. The molecule has 94 valence electrons. The average Bonchev–Trinajstić information content (AvgIpc) is 2.06. The summed E-state index contributed by atoms with van der Waals surface area (Å²) >= 11 is 0. The molecular weight excluding hydrogens is 206 g/mol. The van der Waals surface area contributed by atoms with Gasteiger partial charge in [-0.1, -0.05) is 13.8 Å². The Morgan fingerprint density at radius 3 is 2.50 bits per heavy atom. The maximum absolute atomic E-state index is 11.9.